The van der Waals surface area contributed by atoms with E-state index in [9.17, 15) is 39.5 Å². The molecule has 0 saturated carbocycles. The van der Waals surface area contributed by atoms with Gasteiger partial charge in [0.05, 0.1) is 22.1 Å². The summed E-state index contributed by atoms with van der Waals surface area (Å²) in [5, 5.41) is 65.3. The molecule has 3 N–H and O–H groups in total. The van der Waals surface area contributed by atoms with Gasteiger partial charge in [-0.1, -0.05) is 80.6 Å². The molecule has 0 bridgehead atoms. The number of rotatable bonds is 15. The summed E-state index contributed by atoms with van der Waals surface area (Å²) in [6.45, 7) is 15.4. The van der Waals surface area contributed by atoms with Gasteiger partial charge >= 0.3 is 11.9 Å². The molecule has 8 aromatic rings. The first kappa shape index (κ1) is 60.3. The summed E-state index contributed by atoms with van der Waals surface area (Å²) in [5.41, 5.74) is 5.62. The number of fused-ring (bicyclic) bond motifs is 2. The summed E-state index contributed by atoms with van der Waals surface area (Å²) in [5.74, 6) is -1.58. The van der Waals surface area contributed by atoms with Gasteiger partial charge in [-0.15, -0.1) is 31.8 Å². The summed E-state index contributed by atoms with van der Waals surface area (Å²) in [6, 6.07) is 46.9. The molecule has 10 rings (SSSR count). The molecule has 0 saturated heterocycles. The van der Waals surface area contributed by atoms with E-state index in [1.165, 1.54) is 21.5 Å². The van der Waals surface area contributed by atoms with Crippen LogP contribution in [0.5, 0.6) is 5.75 Å². The monoisotopic (exact) mass is 1150 g/mol. The molecule has 0 amide bonds. The van der Waals surface area contributed by atoms with E-state index in [1.807, 2.05) is 24.3 Å². The first-order valence-electron chi connectivity index (χ1n) is 26.0. The molecule has 6 aromatic carbocycles. The molecule has 22 heteroatoms. The number of aromatic hydroxyl groups is 1. The molecule has 2 aliphatic rings. The number of aryl methyl sites for hydroxylation is 2. The van der Waals surface area contributed by atoms with Crippen molar-refractivity contribution in [1.29, 1.82) is 0 Å². The molecule has 1 aliphatic heterocycles. The zero-order chi connectivity index (χ0) is 58.6. The Balaban J connectivity index is 0.000000181. The smallest absolute Gasteiger partial charge is 0.337 e. The first-order chi connectivity index (χ1) is 39.6. The molecule has 3 heterocycles. The van der Waals surface area contributed by atoms with Gasteiger partial charge in [0, 0.05) is 88.3 Å². The fraction of sp³-hybridized carbons (Fsp3) is 0.164. The largest absolute Gasteiger partial charge is 0.589 e. The van der Waals surface area contributed by atoms with Crippen molar-refractivity contribution in [2.24, 2.45) is 20.5 Å². The Kier molecular flexibility index (Phi) is 19.8. The van der Waals surface area contributed by atoms with Gasteiger partial charge in [-0.25, -0.2) is 14.2 Å². The van der Waals surface area contributed by atoms with Crippen LogP contribution in [0.15, 0.2) is 198 Å². The Bertz CT molecular complexity index is 4190. The zero-order valence-electron chi connectivity index (χ0n) is 45.9. The molecule has 21 nitrogen and oxygen atoms in total. The average molecular weight is 1160 g/mol. The number of carbonyl (C=O) groups is 2. The Hall–Kier alpha value is -10.3. The van der Waals surface area contributed by atoms with Crippen molar-refractivity contribution in [3.63, 3.8) is 0 Å². The van der Waals surface area contributed by atoms with E-state index >= 15 is 0 Å². The van der Waals surface area contributed by atoms with Crippen LogP contribution in [0.3, 0.4) is 0 Å². The normalized spacial score (nSPS) is 11.0. The van der Waals surface area contributed by atoms with Crippen molar-refractivity contribution in [3.8, 4) is 39.6 Å². The van der Waals surface area contributed by atoms with E-state index < -0.39 is 28.0 Å². The minimum absolute atomic E-state index is 0. The van der Waals surface area contributed by atoms with Crippen LogP contribution >= 0.6 is 0 Å². The number of nitro groups is 1. The van der Waals surface area contributed by atoms with Crippen molar-refractivity contribution >= 4 is 57.0 Å². The maximum atomic E-state index is 12.5. The van der Waals surface area contributed by atoms with Crippen molar-refractivity contribution in [2.75, 3.05) is 31.1 Å². The molecular formula is C61H56CrN11O10-. The third-order valence-electron chi connectivity index (χ3n) is 13.2. The SMILES string of the molecule is CCN(CC)c1ccc2c(-c3ccccc3C(=O)O)c3ccc(=[N+](CC)CC)cc-3oc2c1.Cc1[n-]n(-c2ccccc2)c(=O)c1N=Nc1cc([N+](=O)[O-])ccc1O.Cc1[n-]n(-c2ccccc2)c(=O)c1N=Nc1ccccc1C(=O)O.[Cr]. The second kappa shape index (κ2) is 27.2. The number of aromatic carboxylic acids is 2. The van der Waals surface area contributed by atoms with E-state index in [2.05, 4.69) is 104 Å². The molecule has 0 unspecified atom stereocenters. The molecule has 83 heavy (non-hydrogen) atoms. The van der Waals surface area contributed by atoms with Gasteiger partial charge < -0.3 is 44.2 Å². The van der Waals surface area contributed by atoms with Crippen LogP contribution in [-0.4, -0.2) is 67.7 Å². The van der Waals surface area contributed by atoms with Crippen molar-refractivity contribution in [3.05, 3.63) is 222 Å². The quantitative estimate of drug-likeness (QED) is 0.0283. The number of aromatic nitrogens is 4. The second-order valence-corrected chi connectivity index (χ2v) is 18.2. The summed E-state index contributed by atoms with van der Waals surface area (Å²) in [6.07, 6.45) is 0. The first-order valence-corrected chi connectivity index (χ1v) is 26.0. The van der Waals surface area contributed by atoms with Crippen LogP contribution in [-0.2, 0) is 17.4 Å². The number of hydrogen-bond acceptors (Lipinski definition) is 13. The number of para-hydroxylation sites is 2. The third-order valence-corrected chi connectivity index (χ3v) is 13.2. The third kappa shape index (κ3) is 13.5. The summed E-state index contributed by atoms with van der Waals surface area (Å²) in [4.78, 5) is 60.6. The van der Waals surface area contributed by atoms with E-state index in [4.69, 9.17) is 9.52 Å². The topological polar surface area (TPSA) is 279 Å². The molecule has 0 spiro atoms. The number of phenols is 1. The number of carboxylic acid groups (broad SMARTS) is 2. The standard InChI is InChI=1S/C28H30N2O3.C17H14N4O3.C16H13N5O4.Cr/c1-5-29(6-2)19-13-15-23-25(17-19)33-26-18-20(30(7-3)8-4)14-16-24(26)27(23)21-11-9-10-12-22(21)28(31)32;1-11-15(16(22)21(20-11)12-7-3-2-4-8-12)19-18-14-10-6-5-9-13(14)17(23)24;1-10-15(16(23)20(19-10)11-5-3-2-4-6-11)18-17-13-9-12(21(24)25)7-8-14(13)22;/h9-18H,5-8H2,1-4H3;2-10H,1H3,(H2,18,20,22,23,24);2-9H,1H3,(H2,17,18,19,22,23);/p-1. The maximum absolute atomic E-state index is 12.5. The zero-order valence-corrected chi connectivity index (χ0v) is 47.2. The predicted molar refractivity (Wildman–Crippen MR) is 312 cm³/mol. The van der Waals surface area contributed by atoms with Crippen molar-refractivity contribution < 1.29 is 51.6 Å². The number of carboxylic acids is 2. The number of nitro benzene ring substituents is 1. The molecule has 0 radical (unpaired) electrons. The Morgan fingerprint density at radius 1 is 0.614 bits per heavy atom. The minimum Gasteiger partial charge on any atom is -0.589 e. The second-order valence-electron chi connectivity index (χ2n) is 18.2. The number of anilines is 1. The molecule has 2 aromatic heterocycles. The minimum atomic E-state index is -1.11. The number of benzene rings is 7. The van der Waals surface area contributed by atoms with Gasteiger partial charge in [-0.3, -0.25) is 19.7 Å². The van der Waals surface area contributed by atoms with Crippen LogP contribution in [0, 0.1) is 24.0 Å². The van der Waals surface area contributed by atoms with Crippen LogP contribution < -0.4 is 36.1 Å². The van der Waals surface area contributed by atoms with Gasteiger partial charge in [0.25, 0.3) is 16.8 Å². The summed E-state index contributed by atoms with van der Waals surface area (Å²) < 4.78 is 11.2. The molecular weight excluding hydrogens is 1100 g/mol. The van der Waals surface area contributed by atoms with E-state index in [0.29, 0.717) is 28.3 Å². The van der Waals surface area contributed by atoms with Crippen LogP contribution in [0.25, 0.3) is 44.8 Å². The molecule has 1 aliphatic carbocycles. The van der Waals surface area contributed by atoms with Gasteiger partial charge in [0.2, 0.25) is 5.36 Å². The average Bonchev–Trinajstić information content (AvgIpc) is 3.11. The molecule has 422 valence electrons. The fourth-order valence-electron chi connectivity index (χ4n) is 8.99. The number of nitrogens with zero attached hydrogens (tertiary/aromatic N) is 11. The number of non-ortho nitro benzene ring substituents is 1. The van der Waals surface area contributed by atoms with E-state index in [-0.39, 0.29) is 62.7 Å². The number of phenolic OH excluding ortho intramolecular Hbond substituents is 1. The summed E-state index contributed by atoms with van der Waals surface area (Å²) >= 11 is 0. The number of azo groups is 2. The Labute approximate surface area is 485 Å². The van der Waals surface area contributed by atoms with Gasteiger partial charge in [0.15, 0.2) is 0 Å². The predicted octanol–water partition coefficient (Wildman–Crippen LogP) is 11.9. The van der Waals surface area contributed by atoms with Gasteiger partial charge in [-0.05, 0) is 100.0 Å². The van der Waals surface area contributed by atoms with Crippen LogP contribution in [0.2, 0.25) is 0 Å². The Morgan fingerprint density at radius 3 is 1.69 bits per heavy atom. The molecule has 0 atom stereocenters. The van der Waals surface area contributed by atoms with Gasteiger partial charge in [0.1, 0.15) is 52.9 Å². The Morgan fingerprint density at radius 2 is 1.14 bits per heavy atom. The maximum Gasteiger partial charge on any atom is 0.337 e. The fourth-order valence-corrected chi connectivity index (χ4v) is 8.99. The van der Waals surface area contributed by atoms with Gasteiger partial charge in [-0.2, -0.15) is 0 Å². The number of hydrogen-bond donors (Lipinski definition) is 3. The van der Waals surface area contributed by atoms with E-state index in [0.717, 1.165) is 83.3 Å². The van der Waals surface area contributed by atoms with Crippen LogP contribution in [0.1, 0.15) is 59.8 Å². The molecule has 0 fully saturated rings. The summed E-state index contributed by atoms with van der Waals surface area (Å²) in [7, 11) is 0. The van der Waals surface area contributed by atoms with E-state index in [1.54, 1.807) is 86.6 Å². The van der Waals surface area contributed by atoms with Crippen LogP contribution in [0.4, 0.5) is 34.1 Å². The van der Waals surface area contributed by atoms with Crippen molar-refractivity contribution in [2.45, 2.75) is 41.5 Å². The van der Waals surface area contributed by atoms with Crippen molar-refractivity contribution in [1.82, 2.24) is 24.1 Å².